The number of benzene rings is 1. The van der Waals surface area contributed by atoms with Gasteiger partial charge in [-0.15, -0.1) is 0 Å². The van der Waals surface area contributed by atoms with E-state index in [1.807, 2.05) is 44.2 Å². The zero-order valence-corrected chi connectivity index (χ0v) is 13.2. The molecular weight excluding hydrogens is 280 g/mol. The lowest BCUT2D eigenvalue weighted by molar-refractivity contribution is -0.126. The summed E-state index contributed by atoms with van der Waals surface area (Å²) >= 11 is 0. The van der Waals surface area contributed by atoms with Crippen molar-refractivity contribution in [3.05, 3.63) is 35.9 Å². The minimum Gasteiger partial charge on any atom is -0.369 e. The molecule has 0 saturated carbocycles. The van der Waals surface area contributed by atoms with Gasteiger partial charge in [0.2, 0.25) is 5.91 Å². The highest BCUT2D eigenvalue weighted by atomic mass is 16.5. The number of hydrogen-bond donors (Lipinski definition) is 2. The van der Waals surface area contributed by atoms with Crippen LogP contribution in [-0.2, 0) is 20.9 Å². The fourth-order valence-corrected chi connectivity index (χ4v) is 2.77. The third kappa shape index (κ3) is 4.64. The zero-order chi connectivity index (χ0) is 16.2. The second-order valence-corrected chi connectivity index (χ2v) is 6.56. The van der Waals surface area contributed by atoms with Crippen LogP contribution in [0.2, 0.25) is 0 Å². The minimum atomic E-state index is -0.652. The lowest BCUT2D eigenvalue weighted by atomic mass is 9.91. The average Bonchev–Trinajstić information content (AvgIpc) is 2.72. The molecule has 1 aromatic carbocycles. The number of carbonyl (C=O) groups excluding carboxylic acids is 2. The number of nitrogens with one attached hydrogen (secondary N) is 1. The van der Waals surface area contributed by atoms with E-state index in [0.717, 1.165) is 5.56 Å². The molecule has 5 nitrogen and oxygen atoms in total. The molecule has 1 saturated heterocycles. The molecule has 1 aliphatic heterocycles. The van der Waals surface area contributed by atoms with Gasteiger partial charge < -0.3 is 15.8 Å². The monoisotopic (exact) mass is 304 g/mol. The summed E-state index contributed by atoms with van der Waals surface area (Å²) in [5.41, 5.74) is 6.72. The largest absolute Gasteiger partial charge is 0.369 e. The summed E-state index contributed by atoms with van der Waals surface area (Å²) in [6.07, 6.45) is 1.08. The molecule has 1 aliphatic rings. The first-order chi connectivity index (χ1) is 10.4. The summed E-state index contributed by atoms with van der Waals surface area (Å²) < 4.78 is 5.40. The van der Waals surface area contributed by atoms with Crippen LogP contribution in [0.5, 0.6) is 0 Å². The van der Waals surface area contributed by atoms with Crippen LogP contribution in [0.3, 0.4) is 0 Å². The van der Waals surface area contributed by atoms with Crippen molar-refractivity contribution < 1.29 is 14.3 Å². The summed E-state index contributed by atoms with van der Waals surface area (Å²) in [6, 6.07) is 9.00. The first-order valence-electron chi connectivity index (χ1n) is 7.59. The second-order valence-electron chi connectivity index (χ2n) is 6.56. The Balaban J connectivity index is 1.74. The van der Waals surface area contributed by atoms with E-state index in [1.165, 1.54) is 0 Å². The molecule has 1 heterocycles. The quantitative estimate of drug-likeness (QED) is 0.798. The Bertz CT molecular complexity index is 528. The first-order valence-corrected chi connectivity index (χ1v) is 7.59. The maximum atomic E-state index is 12.0. The molecule has 0 aromatic heterocycles. The molecule has 1 fully saturated rings. The van der Waals surface area contributed by atoms with Crippen molar-refractivity contribution in [1.82, 2.24) is 5.32 Å². The van der Waals surface area contributed by atoms with Gasteiger partial charge in [-0.25, -0.2) is 0 Å². The van der Waals surface area contributed by atoms with E-state index in [1.54, 1.807) is 0 Å². The van der Waals surface area contributed by atoms with Crippen molar-refractivity contribution in [3.63, 3.8) is 0 Å². The smallest absolute Gasteiger partial charge is 0.223 e. The van der Waals surface area contributed by atoms with Crippen LogP contribution in [0, 0.1) is 5.92 Å². The lowest BCUT2D eigenvalue weighted by Gasteiger charge is -2.17. The van der Waals surface area contributed by atoms with Gasteiger partial charge in [0, 0.05) is 11.5 Å². The highest BCUT2D eigenvalue weighted by Crippen LogP contribution is 2.27. The predicted molar refractivity (Wildman–Crippen MR) is 84.0 cm³/mol. The number of ketones is 1. The van der Waals surface area contributed by atoms with E-state index in [4.69, 9.17) is 10.5 Å². The third-order valence-electron chi connectivity index (χ3n) is 3.90. The molecule has 1 amide bonds. The molecule has 2 rings (SSSR count). The van der Waals surface area contributed by atoms with Crippen LogP contribution in [0.4, 0.5) is 0 Å². The average molecular weight is 304 g/mol. The maximum absolute atomic E-state index is 12.0. The molecule has 120 valence electrons. The Kier molecular flexibility index (Phi) is 5.32. The van der Waals surface area contributed by atoms with Gasteiger partial charge in [-0.2, -0.15) is 0 Å². The van der Waals surface area contributed by atoms with E-state index in [9.17, 15) is 9.59 Å². The van der Waals surface area contributed by atoms with Gasteiger partial charge in [0.05, 0.1) is 12.6 Å². The molecular formula is C17H24N2O3. The van der Waals surface area contributed by atoms with E-state index < -0.39 is 6.04 Å². The normalized spacial score (nSPS) is 21.4. The summed E-state index contributed by atoms with van der Waals surface area (Å²) in [7, 11) is 0. The van der Waals surface area contributed by atoms with Crippen molar-refractivity contribution in [2.45, 2.75) is 44.9 Å². The second kappa shape index (κ2) is 7.03. The molecule has 0 radical (unpaired) electrons. The minimum absolute atomic E-state index is 0.0153. The fourth-order valence-electron chi connectivity index (χ4n) is 2.77. The number of ether oxygens (including phenoxy) is 1. The molecule has 3 N–H and O–H groups in total. The van der Waals surface area contributed by atoms with E-state index in [2.05, 4.69) is 5.32 Å². The Morgan fingerprint density at radius 2 is 2.09 bits per heavy atom. The van der Waals surface area contributed by atoms with Gasteiger partial charge in [0.1, 0.15) is 6.61 Å². The Labute approximate surface area is 131 Å². The number of rotatable bonds is 7. The highest BCUT2D eigenvalue weighted by molar-refractivity contribution is 5.87. The molecule has 2 atom stereocenters. The molecule has 0 aliphatic carbocycles. The number of amides is 1. The number of hydrogen-bond acceptors (Lipinski definition) is 4. The summed E-state index contributed by atoms with van der Waals surface area (Å²) in [4.78, 5) is 23.8. The SMILES string of the molecule is CC1(C)C[C@@H](C[C@H](N)C(=O)COCc2ccccc2)C(=O)N1. The predicted octanol–water partition coefficient (Wildman–Crippen LogP) is 1.40. The Morgan fingerprint density at radius 1 is 1.41 bits per heavy atom. The summed E-state index contributed by atoms with van der Waals surface area (Å²) in [5, 5.41) is 2.92. The standard InChI is InChI=1S/C17H24N2O3/c1-17(2)9-13(16(21)19-17)8-14(18)15(20)11-22-10-12-6-4-3-5-7-12/h3-7,13-14H,8-11,18H2,1-2H3,(H,19,21)/t13-,14+/m1/s1. The van der Waals surface area contributed by atoms with Crippen molar-refractivity contribution in [1.29, 1.82) is 0 Å². The summed E-state index contributed by atoms with van der Waals surface area (Å²) in [6.45, 7) is 4.31. The van der Waals surface area contributed by atoms with Gasteiger partial charge in [-0.1, -0.05) is 30.3 Å². The van der Waals surface area contributed by atoms with Crippen molar-refractivity contribution >= 4 is 11.7 Å². The van der Waals surface area contributed by atoms with Gasteiger partial charge in [-0.05, 0) is 32.3 Å². The van der Waals surface area contributed by atoms with E-state index in [0.29, 0.717) is 19.4 Å². The van der Waals surface area contributed by atoms with Crippen LogP contribution in [0.25, 0.3) is 0 Å². The van der Waals surface area contributed by atoms with Gasteiger partial charge in [-0.3, -0.25) is 9.59 Å². The zero-order valence-electron chi connectivity index (χ0n) is 13.2. The maximum Gasteiger partial charge on any atom is 0.223 e. The number of Topliss-reactive ketones (excluding diaryl/α,β-unsaturated/α-hetero) is 1. The Morgan fingerprint density at radius 3 is 2.68 bits per heavy atom. The third-order valence-corrected chi connectivity index (χ3v) is 3.90. The fraction of sp³-hybridized carbons (Fsp3) is 0.529. The van der Waals surface area contributed by atoms with Crippen molar-refractivity contribution in [2.24, 2.45) is 11.7 Å². The van der Waals surface area contributed by atoms with Crippen LogP contribution in [-0.4, -0.2) is 29.9 Å². The van der Waals surface area contributed by atoms with Crippen LogP contribution >= 0.6 is 0 Å². The molecule has 0 bridgehead atoms. The van der Waals surface area contributed by atoms with Crippen LogP contribution in [0.15, 0.2) is 30.3 Å². The highest BCUT2D eigenvalue weighted by Gasteiger charge is 2.38. The first kappa shape index (κ1) is 16.6. The van der Waals surface area contributed by atoms with Gasteiger partial charge in [0.15, 0.2) is 5.78 Å². The topological polar surface area (TPSA) is 81.4 Å². The van der Waals surface area contributed by atoms with Crippen LogP contribution < -0.4 is 11.1 Å². The van der Waals surface area contributed by atoms with Gasteiger partial charge >= 0.3 is 0 Å². The van der Waals surface area contributed by atoms with Crippen molar-refractivity contribution in [2.75, 3.05) is 6.61 Å². The van der Waals surface area contributed by atoms with Gasteiger partial charge in [0.25, 0.3) is 0 Å². The molecule has 22 heavy (non-hydrogen) atoms. The molecule has 1 aromatic rings. The van der Waals surface area contributed by atoms with E-state index in [-0.39, 0.29) is 29.8 Å². The Hall–Kier alpha value is -1.72. The molecule has 5 heteroatoms. The lowest BCUT2D eigenvalue weighted by Crippen LogP contribution is -2.37. The number of nitrogens with two attached hydrogens (primary N) is 1. The molecule has 0 spiro atoms. The van der Waals surface area contributed by atoms with Crippen LogP contribution in [0.1, 0.15) is 32.3 Å². The summed E-state index contributed by atoms with van der Waals surface area (Å²) in [5.74, 6) is -0.366. The number of carbonyl (C=O) groups is 2. The molecule has 0 unspecified atom stereocenters. The van der Waals surface area contributed by atoms with E-state index >= 15 is 0 Å². The van der Waals surface area contributed by atoms with Crippen molar-refractivity contribution in [3.8, 4) is 0 Å².